The summed E-state index contributed by atoms with van der Waals surface area (Å²) in [7, 11) is 1.73. The molecule has 0 amide bonds. The molecule has 1 heterocycles. The van der Waals surface area contributed by atoms with Crippen LogP contribution in [0.3, 0.4) is 0 Å². The second-order valence-corrected chi connectivity index (χ2v) is 4.40. The van der Waals surface area contributed by atoms with Crippen LogP contribution in [0.4, 0.5) is 0 Å². The number of aryl methyl sites for hydroxylation is 1. The largest absolute Gasteiger partial charge is 0.364 e. The number of thiocarbonyl (C=S) groups is 1. The molecule has 0 aromatic carbocycles. The number of rotatable bonds is 2. The highest BCUT2D eigenvalue weighted by molar-refractivity contribution is 9.10. The first kappa shape index (κ1) is 11.5. The Balaban J connectivity index is 2.60. The monoisotopic (exact) mass is 292 g/mol. The molecule has 0 saturated heterocycles. The maximum Gasteiger partial charge on any atom is 0.186 e. The van der Waals surface area contributed by atoms with Crippen LogP contribution in [0.5, 0.6) is 0 Å². The number of nitrogens with zero attached hydrogens (tertiary/aromatic N) is 2. The van der Waals surface area contributed by atoms with Gasteiger partial charge >= 0.3 is 0 Å². The first-order valence-electron chi connectivity index (χ1n) is 3.77. The molecular weight excluding hydrogens is 284 g/mol. The molecule has 7 heteroatoms. The molecule has 0 aliphatic carbocycles. The first-order chi connectivity index (χ1) is 6.65. The second kappa shape index (κ2) is 5.38. The molecular formula is C7H9BrN4S2. The van der Waals surface area contributed by atoms with Gasteiger partial charge in [0.15, 0.2) is 5.11 Å². The van der Waals surface area contributed by atoms with Crippen molar-refractivity contribution >= 4 is 51.0 Å². The number of nitrogens with one attached hydrogen (secondary N) is 2. The van der Waals surface area contributed by atoms with Crippen LogP contribution in [-0.4, -0.2) is 22.7 Å². The third-order valence-corrected chi connectivity index (χ3v) is 3.82. The lowest BCUT2D eigenvalue weighted by Crippen LogP contribution is -2.28. The fourth-order valence-corrected chi connectivity index (χ4v) is 1.89. The summed E-state index contributed by atoms with van der Waals surface area (Å²) in [6, 6.07) is 0. The molecule has 0 bridgehead atoms. The number of hydrogen-bond donors (Lipinski definition) is 2. The van der Waals surface area contributed by atoms with Gasteiger partial charge in [0.2, 0.25) is 0 Å². The lowest BCUT2D eigenvalue weighted by molar-refractivity contribution is 0.982. The zero-order valence-corrected chi connectivity index (χ0v) is 10.9. The van der Waals surface area contributed by atoms with Gasteiger partial charge in [-0.1, -0.05) is 0 Å². The summed E-state index contributed by atoms with van der Waals surface area (Å²) in [4.78, 5) is 0.967. The molecule has 2 N–H and O–H groups in total. The highest BCUT2D eigenvalue weighted by Gasteiger charge is 2.04. The quantitative estimate of drug-likeness (QED) is 0.494. The number of halogens is 1. The molecule has 0 aliphatic rings. The number of hydrazone groups is 1. The summed E-state index contributed by atoms with van der Waals surface area (Å²) in [5.74, 6) is 0. The Hall–Kier alpha value is -0.530. The predicted octanol–water partition coefficient (Wildman–Crippen LogP) is 1.64. The van der Waals surface area contributed by atoms with Crippen LogP contribution in [0.1, 0.15) is 10.6 Å². The summed E-state index contributed by atoms with van der Waals surface area (Å²) in [5, 5.41) is 7.19. The van der Waals surface area contributed by atoms with E-state index >= 15 is 0 Å². The van der Waals surface area contributed by atoms with Crippen LogP contribution in [0, 0.1) is 6.92 Å². The lowest BCUT2D eigenvalue weighted by atomic mass is 10.4. The molecule has 0 spiro atoms. The van der Waals surface area contributed by atoms with E-state index in [4.69, 9.17) is 12.2 Å². The average molecular weight is 293 g/mol. The second-order valence-electron chi connectivity index (χ2n) is 2.40. The number of hydrogen-bond acceptors (Lipinski definition) is 4. The van der Waals surface area contributed by atoms with Crippen LogP contribution in [-0.2, 0) is 0 Å². The van der Waals surface area contributed by atoms with Crippen molar-refractivity contribution in [2.45, 2.75) is 6.92 Å². The van der Waals surface area contributed by atoms with Crippen molar-refractivity contribution in [3.8, 4) is 0 Å². The third kappa shape index (κ3) is 3.00. The summed E-state index contributed by atoms with van der Waals surface area (Å²) in [6.45, 7) is 1.93. The minimum atomic E-state index is 0.485. The van der Waals surface area contributed by atoms with Gasteiger partial charge in [0, 0.05) is 7.05 Å². The lowest BCUT2D eigenvalue weighted by Gasteiger charge is -1.98. The molecule has 0 unspecified atom stereocenters. The van der Waals surface area contributed by atoms with E-state index in [1.54, 1.807) is 13.3 Å². The van der Waals surface area contributed by atoms with Crippen molar-refractivity contribution in [2.24, 2.45) is 5.10 Å². The molecule has 1 aromatic rings. The summed E-state index contributed by atoms with van der Waals surface area (Å²) >= 11 is 9.65. The van der Waals surface area contributed by atoms with E-state index < -0.39 is 0 Å². The van der Waals surface area contributed by atoms with Crippen LogP contribution < -0.4 is 10.7 Å². The van der Waals surface area contributed by atoms with E-state index in [9.17, 15) is 0 Å². The minimum Gasteiger partial charge on any atom is -0.364 e. The van der Waals surface area contributed by atoms with Crippen LogP contribution in [0.15, 0.2) is 9.57 Å². The van der Waals surface area contributed by atoms with E-state index in [-0.39, 0.29) is 0 Å². The van der Waals surface area contributed by atoms with Crippen molar-refractivity contribution in [2.75, 3.05) is 7.05 Å². The SMILES string of the molecule is CNC(=S)N/N=C/c1snc(C)c1Br. The highest BCUT2D eigenvalue weighted by Crippen LogP contribution is 2.22. The van der Waals surface area contributed by atoms with Crippen molar-refractivity contribution in [1.82, 2.24) is 15.1 Å². The summed E-state index contributed by atoms with van der Waals surface area (Å²) in [5.41, 5.74) is 3.63. The average Bonchev–Trinajstić information content (AvgIpc) is 2.49. The zero-order chi connectivity index (χ0) is 10.6. The molecule has 14 heavy (non-hydrogen) atoms. The number of aromatic nitrogens is 1. The van der Waals surface area contributed by atoms with E-state index in [1.807, 2.05) is 6.92 Å². The van der Waals surface area contributed by atoms with Gasteiger partial charge in [-0.3, -0.25) is 5.43 Å². The smallest absolute Gasteiger partial charge is 0.186 e. The summed E-state index contributed by atoms with van der Waals surface area (Å²) in [6.07, 6.45) is 1.68. The van der Waals surface area contributed by atoms with E-state index in [1.165, 1.54) is 11.5 Å². The molecule has 0 aliphatic heterocycles. The Labute approximate surface area is 100 Å². The van der Waals surface area contributed by atoms with Crippen molar-refractivity contribution in [3.63, 3.8) is 0 Å². The molecule has 0 saturated carbocycles. The Kier molecular flexibility index (Phi) is 4.43. The van der Waals surface area contributed by atoms with Crippen LogP contribution in [0.25, 0.3) is 0 Å². The normalized spacial score (nSPS) is 10.5. The van der Waals surface area contributed by atoms with Gasteiger partial charge in [-0.15, -0.1) is 0 Å². The summed E-state index contributed by atoms with van der Waals surface area (Å²) < 4.78 is 5.14. The fraction of sp³-hybridized carbons (Fsp3) is 0.286. The van der Waals surface area contributed by atoms with E-state index in [0.29, 0.717) is 5.11 Å². The predicted molar refractivity (Wildman–Crippen MR) is 66.9 cm³/mol. The molecule has 1 rings (SSSR count). The van der Waals surface area contributed by atoms with E-state index in [2.05, 4.69) is 36.1 Å². The maximum absolute atomic E-state index is 4.85. The van der Waals surface area contributed by atoms with Gasteiger partial charge in [0.05, 0.1) is 21.3 Å². The molecule has 0 radical (unpaired) electrons. The molecule has 4 nitrogen and oxygen atoms in total. The van der Waals surface area contributed by atoms with Gasteiger partial charge < -0.3 is 5.32 Å². The zero-order valence-electron chi connectivity index (χ0n) is 7.67. The van der Waals surface area contributed by atoms with Gasteiger partial charge in [-0.25, -0.2) is 0 Å². The van der Waals surface area contributed by atoms with Crippen LogP contribution >= 0.6 is 39.7 Å². The maximum atomic E-state index is 4.85. The third-order valence-electron chi connectivity index (χ3n) is 1.39. The molecule has 0 fully saturated rings. The van der Waals surface area contributed by atoms with Crippen molar-refractivity contribution in [3.05, 3.63) is 15.0 Å². The molecule has 1 aromatic heterocycles. The Morgan fingerprint density at radius 1 is 1.71 bits per heavy atom. The van der Waals surface area contributed by atoms with Crippen LogP contribution in [0.2, 0.25) is 0 Å². The topological polar surface area (TPSA) is 49.3 Å². The Morgan fingerprint density at radius 3 is 2.93 bits per heavy atom. The van der Waals surface area contributed by atoms with Crippen molar-refractivity contribution < 1.29 is 0 Å². The molecule has 76 valence electrons. The Morgan fingerprint density at radius 2 is 2.43 bits per heavy atom. The van der Waals surface area contributed by atoms with Crippen molar-refractivity contribution in [1.29, 1.82) is 0 Å². The minimum absolute atomic E-state index is 0.485. The highest BCUT2D eigenvalue weighted by atomic mass is 79.9. The van der Waals surface area contributed by atoms with Gasteiger partial charge in [0.25, 0.3) is 0 Å². The van der Waals surface area contributed by atoms with E-state index in [0.717, 1.165) is 15.0 Å². The molecule has 0 atom stereocenters. The van der Waals surface area contributed by atoms with Gasteiger partial charge in [-0.05, 0) is 46.6 Å². The first-order valence-corrected chi connectivity index (χ1v) is 5.75. The van der Waals surface area contributed by atoms with Gasteiger partial charge in [0.1, 0.15) is 0 Å². The van der Waals surface area contributed by atoms with Gasteiger partial charge in [-0.2, -0.15) is 9.47 Å². The Bertz CT molecular complexity index is 361. The standard InChI is InChI=1S/C7H9BrN4S2/c1-4-6(8)5(14-12-4)3-10-11-7(13)9-2/h3H,1-2H3,(H2,9,11,13)/b10-3+. The fourth-order valence-electron chi connectivity index (χ4n) is 0.662.